The lowest BCUT2D eigenvalue weighted by Gasteiger charge is -2.30. The molecular weight excluding hydrogens is 777 g/mol. The normalized spacial score (nSPS) is 20.8. The zero-order chi connectivity index (χ0) is 42.7. The lowest BCUT2D eigenvalue weighted by molar-refractivity contribution is -0.136. The van der Waals surface area contributed by atoms with E-state index in [-0.39, 0.29) is 29.8 Å². The maximum absolute atomic E-state index is 14.4. The Kier molecular flexibility index (Phi) is 11.9. The Hall–Kier alpha value is -6.48. The molecule has 2 aromatic heterocycles. The molecule has 3 aliphatic rings. The number of amides is 4. The second-order valence-electron chi connectivity index (χ2n) is 16.4. The first-order chi connectivity index (χ1) is 29.6. The highest BCUT2D eigenvalue weighted by atomic mass is 16.5. The number of aromatic amines is 2. The summed E-state index contributed by atoms with van der Waals surface area (Å²) in [5.41, 5.74) is 5.85. The van der Waals surface area contributed by atoms with Crippen molar-refractivity contribution in [2.45, 2.75) is 75.7 Å². The fraction of sp³-hybridized carbons (Fsp3) is 0.391. The Morgan fingerprint density at radius 3 is 1.87 bits per heavy atom. The molecule has 3 saturated heterocycles. The largest absolute Gasteiger partial charge is 0.453 e. The average Bonchev–Trinajstić information content (AvgIpc) is 4.15. The molecule has 0 bridgehead atoms. The number of alkyl carbamates (subject to hydrolysis) is 2. The van der Waals surface area contributed by atoms with Gasteiger partial charge in [0.1, 0.15) is 23.7 Å². The zero-order valence-electron chi connectivity index (χ0n) is 34.9. The van der Waals surface area contributed by atoms with E-state index < -0.39 is 29.9 Å². The topological polar surface area (TPSA) is 184 Å². The third-order valence-corrected chi connectivity index (χ3v) is 12.2. The van der Waals surface area contributed by atoms with Crippen LogP contribution in [0.3, 0.4) is 0 Å². The van der Waals surface area contributed by atoms with Crippen molar-refractivity contribution in [3.05, 3.63) is 108 Å². The van der Waals surface area contributed by atoms with Crippen LogP contribution >= 0.6 is 0 Å². The second kappa shape index (κ2) is 17.6. The summed E-state index contributed by atoms with van der Waals surface area (Å²) in [5.74, 6) is 0.860. The monoisotopic (exact) mass is 828 g/mol. The fourth-order valence-corrected chi connectivity index (χ4v) is 8.92. The van der Waals surface area contributed by atoms with Crippen molar-refractivity contribution in [3.63, 3.8) is 0 Å². The van der Waals surface area contributed by atoms with Crippen LogP contribution in [0.15, 0.2) is 91.3 Å². The molecule has 318 valence electrons. The van der Waals surface area contributed by atoms with Crippen molar-refractivity contribution in [1.82, 2.24) is 40.4 Å². The van der Waals surface area contributed by atoms with Gasteiger partial charge in [0.2, 0.25) is 5.91 Å². The molecule has 4 amide bonds. The summed E-state index contributed by atoms with van der Waals surface area (Å²) < 4.78 is 15.9. The number of likely N-dealkylation sites (tertiary alicyclic amines) is 2. The number of carbonyl (C=O) groups excluding carboxylic acids is 4. The van der Waals surface area contributed by atoms with Gasteiger partial charge < -0.3 is 44.6 Å². The Bertz CT molecular complexity index is 2340. The van der Waals surface area contributed by atoms with Crippen molar-refractivity contribution in [2.75, 3.05) is 33.9 Å². The Balaban J connectivity index is 0.957. The standard InChI is InChI=1S/C46H52N8O7/c1-28(2)38(51-44(57)59-3)42(55)53-22-8-12-36(53)40-47-25-34(49-40)31-17-13-29(14-18-31)30-15-19-32(20-16-30)35-26-48-41(50-35)37-24-46(21-9-23-61-46)27-54(37)43(56)39(52-45(58)60-4)33-10-6-5-7-11-33/h5-7,10-11,13-20,25-26,28,36-39H,8-9,12,21-24,27H2,1-4H3,(H,47,49)(H,48,50)(H,51,57)(H,52,58)/t36-,37-,38-,39-,46-/m0/s1. The highest BCUT2D eigenvalue weighted by Crippen LogP contribution is 2.45. The maximum atomic E-state index is 14.4. The van der Waals surface area contributed by atoms with E-state index in [1.807, 2.05) is 68.4 Å². The van der Waals surface area contributed by atoms with Gasteiger partial charge >= 0.3 is 12.2 Å². The van der Waals surface area contributed by atoms with Gasteiger partial charge in [0, 0.05) is 19.6 Å². The molecule has 3 aliphatic heterocycles. The van der Waals surface area contributed by atoms with Crippen LogP contribution in [-0.4, -0.2) is 99.3 Å². The minimum atomic E-state index is -0.942. The van der Waals surface area contributed by atoms with Crippen molar-refractivity contribution >= 4 is 24.0 Å². The number of hydrogen-bond acceptors (Lipinski definition) is 9. The number of carbonyl (C=O) groups is 4. The van der Waals surface area contributed by atoms with E-state index in [0.29, 0.717) is 43.3 Å². The van der Waals surface area contributed by atoms with Crippen LogP contribution in [0, 0.1) is 5.92 Å². The van der Waals surface area contributed by atoms with Crippen LogP contribution in [0.25, 0.3) is 33.6 Å². The number of hydrogen-bond donors (Lipinski definition) is 4. The first-order valence-electron chi connectivity index (χ1n) is 20.9. The zero-order valence-corrected chi connectivity index (χ0v) is 34.9. The Morgan fingerprint density at radius 1 is 0.738 bits per heavy atom. The van der Waals surface area contributed by atoms with Gasteiger partial charge in [-0.05, 0) is 59.4 Å². The van der Waals surface area contributed by atoms with E-state index >= 15 is 0 Å². The van der Waals surface area contributed by atoms with Gasteiger partial charge in [0.25, 0.3) is 5.91 Å². The molecular formula is C46H52N8O7. The molecule has 5 heterocycles. The molecule has 1 spiro atoms. The summed E-state index contributed by atoms with van der Waals surface area (Å²) in [7, 11) is 2.57. The molecule has 0 radical (unpaired) electrons. The van der Waals surface area contributed by atoms with Gasteiger partial charge in [-0.1, -0.05) is 92.7 Å². The summed E-state index contributed by atoms with van der Waals surface area (Å²) in [5, 5.41) is 5.44. The fourth-order valence-electron chi connectivity index (χ4n) is 8.92. The van der Waals surface area contributed by atoms with E-state index in [2.05, 4.69) is 49.9 Å². The van der Waals surface area contributed by atoms with Crippen LogP contribution < -0.4 is 10.6 Å². The Labute approximate surface area is 354 Å². The van der Waals surface area contributed by atoms with Crippen LogP contribution in [0.1, 0.15) is 81.3 Å². The minimum Gasteiger partial charge on any atom is -0.453 e. The van der Waals surface area contributed by atoms with E-state index in [4.69, 9.17) is 19.2 Å². The summed E-state index contributed by atoms with van der Waals surface area (Å²) in [6, 6.07) is 23.4. The van der Waals surface area contributed by atoms with Crippen molar-refractivity contribution in [2.24, 2.45) is 5.92 Å². The second-order valence-corrected chi connectivity index (χ2v) is 16.4. The molecule has 15 nitrogen and oxygen atoms in total. The van der Waals surface area contributed by atoms with Gasteiger partial charge in [-0.15, -0.1) is 0 Å². The molecule has 15 heteroatoms. The highest BCUT2D eigenvalue weighted by molar-refractivity contribution is 5.88. The van der Waals surface area contributed by atoms with Gasteiger partial charge in [-0.3, -0.25) is 9.59 Å². The smallest absolute Gasteiger partial charge is 0.407 e. The summed E-state index contributed by atoms with van der Waals surface area (Å²) in [4.78, 5) is 72.4. The average molecular weight is 829 g/mol. The molecule has 3 aromatic carbocycles. The number of imidazole rings is 2. The molecule has 8 rings (SSSR count). The number of benzene rings is 3. The quantitative estimate of drug-likeness (QED) is 0.108. The number of nitrogens with one attached hydrogen (secondary N) is 4. The van der Waals surface area contributed by atoms with E-state index in [0.717, 1.165) is 59.3 Å². The maximum Gasteiger partial charge on any atom is 0.407 e. The molecule has 0 aliphatic carbocycles. The van der Waals surface area contributed by atoms with E-state index in [9.17, 15) is 19.2 Å². The third-order valence-electron chi connectivity index (χ3n) is 12.2. The van der Waals surface area contributed by atoms with Crippen molar-refractivity contribution in [1.29, 1.82) is 0 Å². The van der Waals surface area contributed by atoms with Gasteiger partial charge in [0.15, 0.2) is 0 Å². The highest BCUT2D eigenvalue weighted by Gasteiger charge is 2.51. The molecule has 5 atom stereocenters. The third kappa shape index (κ3) is 8.60. The predicted octanol–water partition coefficient (Wildman–Crippen LogP) is 7.10. The molecule has 0 saturated carbocycles. The molecule has 61 heavy (non-hydrogen) atoms. The van der Waals surface area contributed by atoms with Crippen molar-refractivity contribution in [3.8, 4) is 33.6 Å². The lowest BCUT2D eigenvalue weighted by Crippen LogP contribution is -2.51. The van der Waals surface area contributed by atoms with Crippen LogP contribution in [0.5, 0.6) is 0 Å². The number of rotatable bonds is 11. The number of aromatic nitrogens is 4. The first kappa shape index (κ1) is 41.3. The van der Waals surface area contributed by atoms with E-state index in [1.165, 1.54) is 14.2 Å². The van der Waals surface area contributed by atoms with E-state index in [1.54, 1.807) is 22.2 Å². The lowest BCUT2D eigenvalue weighted by atomic mass is 9.96. The summed E-state index contributed by atoms with van der Waals surface area (Å²) >= 11 is 0. The molecule has 4 N–H and O–H groups in total. The number of ether oxygens (including phenoxy) is 3. The molecule has 0 unspecified atom stereocenters. The van der Waals surface area contributed by atoms with Crippen LogP contribution in [0.2, 0.25) is 0 Å². The molecule has 3 fully saturated rings. The first-order valence-corrected chi connectivity index (χ1v) is 20.9. The van der Waals surface area contributed by atoms with Crippen LogP contribution in [-0.2, 0) is 23.8 Å². The number of H-pyrrole nitrogens is 2. The van der Waals surface area contributed by atoms with Gasteiger partial charge in [0.05, 0.1) is 62.2 Å². The molecule has 5 aromatic rings. The number of methoxy groups -OCH3 is 2. The van der Waals surface area contributed by atoms with Gasteiger partial charge in [-0.2, -0.15) is 0 Å². The number of nitrogens with zero attached hydrogens (tertiary/aromatic N) is 4. The van der Waals surface area contributed by atoms with Crippen molar-refractivity contribution < 1.29 is 33.4 Å². The van der Waals surface area contributed by atoms with Crippen LogP contribution in [0.4, 0.5) is 9.59 Å². The van der Waals surface area contributed by atoms with Gasteiger partial charge in [-0.25, -0.2) is 19.6 Å². The Morgan fingerprint density at radius 2 is 1.31 bits per heavy atom. The summed E-state index contributed by atoms with van der Waals surface area (Å²) in [6.45, 7) is 5.42. The minimum absolute atomic E-state index is 0.112. The predicted molar refractivity (Wildman–Crippen MR) is 227 cm³/mol. The SMILES string of the molecule is COC(=O)N[C@H](C(=O)N1C[C@]2(CCCO2)C[C@H]1c1ncc(-c2ccc(-c3ccc(-c4cnc([C@@H]5CCCN5C(=O)[C@@H](NC(=O)OC)C(C)C)[nH]4)cc3)cc2)[nH]1)c1ccccc1. The summed E-state index contributed by atoms with van der Waals surface area (Å²) in [6.07, 6.45) is 6.24.